The van der Waals surface area contributed by atoms with E-state index in [2.05, 4.69) is 19.1 Å². The molecule has 0 saturated heterocycles. The van der Waals surface area contributed by atoms with Crippen molar-refractivity contribution in [1.29, 1.82) is 0 Å². The van der Waals surface area contributed by atoms with Crippen LogP contribution in [0.2, 0.25) is 0 Å². The molecule has 0 aromatic heterocycles. The predicted octanol–water partition coefficient (Wildman–Crippen LogP) is 2.71. The van der Waals surface area contributed by atoms with Gasteiger partial charge in [0, 0.05) is 6.61 Å². The van der Waals surface area contributed by atoms with Crippen LogP contribution in [0.3, 0.4) is 0 Å². The van der Waals surface area contributed by atoms with E-state index < -0.39 is 0 Å². The number of unbranched alkanes of at least 4 members (excludes halogenated alkanes) is 2. The highest BCUT2D eigenvalue weighted by Gasteiger charge is 1.98. The number of benzene rings is 1. The predicted molar refractivity (Wildman–Crippen MR) is 62.4 cm³/mol. The van der Waals surface area contributed by atoms with Gasteiger partial charge in [-0.3, -0.25) is 0 Å². The second kappa shape index (κ2) is 6.46. The molecule has 0 unspecified atom stereocenters. The molecule has 0 heterocycles. The van der Waals surface area contributed by atoms with Gasteiger partial charge in [-0.25, -0.2) is 0 Å². The van der Waals surface area contributed by atoms with Crippen molar-refractivity contribution in [3.63, 3.8) is 0 Å². The average Bonchev–Trinajstić information content (AvgIpc) is 2.23. The van der Waals surface area contributed by atoms with Gasteiger partial charge in [0.1, 0.15) is 5.75 Å². The van der Waals surface area contributed by atoms with Crippen LogP contribution in [0.1, 0.15) is 30.4 Å². The maximum atomic E-state index is 8.67. The maximum Gasteiger partial charge on any atom is 0.119 e. The molecule has 0 amide bonds. The standard InChI is InChI=1S/C13H20O2/c1-11-8-12(6-4-3-5-7-14)10-13(9-11)15-2/h8-10,14H,3-7H2,1-2H3. The van der Waals surface area contributed by atoms with Crippen molar-refractivity contribution in [3.05, 3.63) is 29.3 Å². The highest BCUT2D eigenvalue weighted by atomic mass is 16.5. The van der Waals surface area contributed by atoms with Crippen LogP contribution in [0.5, 0.6) is 5.75 Å². The molecule has 2 heteroatoms. The highest BCUT2D eigenvalue weighted by Crippen LogP contribution is 2.18. The second-order valence-corrected chi connectivity index (χ2v) is 3.89. The molecule has 84 valence electrons. The third kappa shape index (κ3) is 4.34. The fourth-order valence-electron chi connectivity index (χ4n) is 1.70. The lowest BCUT2D eigenvalue weighted by atomic mass is 10.0. The molecular weight excluding hydrogens is 188 g/mol. The summed E-state index contributed by atoms with van der Waals surface area (Å²) < 4.78 is 5.22. The van der Waals surface area contributed by atoms with E-state index in [1.54, 1.807) is 7.11 Å². The molecule has 0 spiro atoms. The smallest absolute Gasteiger partial charge is 0.119 e. The summed E-state index contributed by atoms with van der Waals surface area (Å²) in [5.74, 6) is 0.937. The summed E-state index contributed by atoms with van der Waals surface area (Å²) in [7, 11) is 1.70. The van der Waals surface area contributed by atoms with Crippen LogP contribution < -0.4 is 4.74 Å². The fraction of sp³-hybridized carbons (Fsp3) is 0.538. The molecule has 1 aromatic rings. The second-order valence-electron chi connectivity index (χ2n) is 3.89. The Morgan fingerprint density at radius 3 is 2.60 bits per heavy atom. The van der Waals surface area contributed by atoms with Gasteiger partial charge in [-0.15, -0.1) is 0 Å². The zero-order valence-electron chi connectivity index (χ0n) is 9.62. The molecule has 0 radical (unpaired) electrons. The minimum Gasteiger partial charge on any atom is -0.497 e. The van der Waals surface area contributed by atoms with Gasteiger partial charge in [0.2, 0.25) is 0 Å². The number of aryl methyl sites for hydroxylation is 2. The van der Waals surface area contributed by atoms with Gasteiger partial charge >= 0.3 is 0 Å². The van der Waals surface area contributed by atoms with Gasteiger partial charge in [0.15, 0.2) is 0 Å². The number of methoxy groups -OCH3 is 1. The lowest BCUT2D eigenvalue weighted by molar-refractivity contribution is 0.283. The van der Waals surface area contributed by atoms with E-state index in [-0.39, 0.29) is 0 Å². The third-order valence-corrected chi connectivity index (χ3v) is 2.47. The van der Waals surface area contributed by atoms with Crippen LogP contribution >= 0.6 is 0 Å². The SMILES string of the molecule is COc1cc(C)cc(CCCCCO)c1. The van der Waals surface area contributed by atoms with E-state index >= 15 is 0 Å². The molecular formula is C13H20O2. The van der Waals surface area contributed by atoms with Crippen molar-refractivity contribution in [3.8, 4) is 5.75 Å². The summed E-state index contributed by atoms with van der Waals surface area (Å²) >= 11 is 0. The summed E-state index contributed by atoms with van der Waals surface area (Å²) in [6.45, 7) is 2.39. The van der Waals surface area contributed by atoms with Gasteiger partial charge in [0.05, 0.1) is 7.11 Å². The highest BCUT2D eigenvalue weighted by molar-refractivity contribution is 5.33. The Balaban J connectivity index is 2.49. The molecule has 1 N–H and O–H groups in total. The zero-order valence-corrected chi connectivity index (χ0v) is 9.62. The van der Waals surface area contributed by atoms with Crippen molar-refractivity contribution in [2.75, 3.05) is 13.7 Å². The van der Waals surface area contributed by atoms with Crippen LogP contribution in [0, 0.1) is 6.92 Å². The van der Waals surface area contributed by atoms with Gasteiger partial charge < -0.3 is 9.84 Å². The Morgan fingerprint density at radius 2 is 1.93 bits per heavy atom. The number of hydrogen-bond acceptors (Lipinski definition) is 2. The van der Waals surface area contributed by atoms with Crippen molar-refractivity contribution >= 4 is 0 Å². The number of ether oxygens (including phenoxy) is 1. The van der Waals surface area contributed by atoms with Gasteiger partial charge in [-0.1, -0.05) is 12.5 Å². The molecule has 0 bridgehead atoms. The maximum absolute atomic E-state index is 8.67. The molecule has 1 rings (SSSR count). The molecule has 0 aliphatic rings. The molecule has 0 aliphatic heterocycles. The van der Waals surface area contributed by atoms with E-state index in [9.17, 15) is 0 Å². The minimum atomic E-state index is 0.303. The van der Waals surface area contributed by atoms with E-state index in [1.807, 2.05) is 6.07 Å². The number of aliphatic hydroxyl groups is 1. The van der Waals surface area contributed by atoms with Crippen molar-refractivity contribution < 1.29 is 9.84 Å². The largest absolute Gasteiger partial charge is 0.497 e. The van der Waals surface area contributed by atoms with Gasteiger partial charge in [-0.05, 0) is 49.4 Å². The molecule has 0 saturated carbocycles. The monoisotopic (exact) mass is 208 g/mol. The van der Waals surface area contributed by atoms with E-state index in [4.69, 9.17) is 9.84 Å². The molecule has 0 fully saturated rings. The average molecular weight is 208 g/mol. The summed E-state index contributed by atoms with van der Waals surface area (Å²) in [4.78, 5) is 0. The van der Waals surface area contributed by atoms with Gasteiger partial charge in [-0.2, -0.15) is 0 Å². The fourth-order valence-corrected chi connectivity index (χ4v) is 1.70. The first kappa shape index (κ1) is 12.1. The third-order valence-electron chi connectivity index (χ3n) is 2.47. The van der Waals surface area contributed by atoms with Gasteiger partial charge in [0.25, 0.3) is 0 Å². The van der Waals surface area contributed by atoms with E-state index in [0.717, 1.165) is 31.4 Å². The lowest BCUT2D eigenvalue weighted by Crippen LogP contribution is -1.91. The Bertz CT molecular complexity index is 295. The van der Waals surface area contributed by atoms with Crippen LogP contribution in [0.15, 0.2) is 18.2 Å². The summed E-state index contributed by atoms with van der Waals surface area (Å²) in [5, 5.41) is 8.67. The molecule has 0 aliphatic carbocycles. The molecule has 2 nitrogen and oxygen atoms in total. The topological polar surface area (TPSA) is 29.5 Å². The first-order valence-electron chi connectivity index (χ1n) is 5.51. The van der Waals surface area contributed by atoms with E-state index in [0.29, 0.717) is 6.61 Å². The summed E-state index contributed by atoms with van der Waals surface area (Å²) in [6, 6.07) is 6.32. The van der Waals surface area contributed by atoms with Crippen LogP contribution in [0.25, 0.3) is 0 Å². The molecule has 1 aromatic carbocycles. The van der Waals surface area contributed by atoms with Crippen LogP contribution in [-0.2, 0) is 6.42 Å². The Morgan fingerprint density at radius 1 is 1.13 bits per heavy atom. The summed E-state index contributed by atoms with van der Waals surface area (Å²) in [5.41, 5.74) is 2.57. The molecule has 15 heavy (non-hydrogen) atoms. The Hall–Kier alpha value is -1.02. The zero-order chi connectivity index (χ0) is 11.1. The number of aliphatic hydroxyl groups excluding tert-OH is 1. The van der Waals surface area contributed by atoms with Crippen LogP contribution in [0.4, 0.5) is 0 Å². The van der Waals surface area contributed by atoms with Crippen LogP contribution in [-0.4, -0.2) is 18.8 Å². The molecule has 0 atom stereocenters. The quantitative estimate of drug-likeness (QED) is 0.728. The first-order chi connectivity index (χ1) is 7.26. The number of rotatable bonds is 6. The minimum absolute atomic E-state index is 0.303. The van der Waals surface area contributed by atoms with Crippen molar-refractivity contribution in [2.24, 2.45) is 0 Å². The van der Waals surface area contributed by atoms with E-state index in [1.165, 1.54) is 11.1 Å². The lowest BCUT2D eigenvalue weighted by Gasteiger charge is -2.06. The first-order valence-corrected chi connectivity index (χ1v) is 5.51. The van der Waals surface area contributed by atoms with Crippen molar-refractivity contribution in [1.82, 2.24) is 0 Å². The Kier molecular flexibility index (Phi) is 5.19. The van der Waals surface area contributed by atoms with Crippen molar-refractivity contribution in [2.45, 2.75) is 32.6 Å². The normalized spacial score (nSPS) is 10.3. The summed E-state index contributed by atoms with van der Waals surface area (Å²) in [6.07, 6.45) is 4.20. The number of hydrogen-bond donors (Lipinski definition) is 1. The Labute approximate surface area is 91.9 Å².